The van der Waals surface area contributed by atoms with E-state index in [2.05, 4.69) is 0 Å². The van der Waals surface area contributed by atoms with Crippen molar-refractivity contribution in [3.63, 3.8) is 0 Å². The molecule has 0 aliphatic heterocycles. The highest BCUT2D eigenvalue weighted by Crippen LogP contribution is 2.25. The molecule has 0 aliphatic rings. The van der Waals surface area contributed by atoms with Gasteiger partial charge in [0, 0.05) is 5.56 Å². The third-order valence-corrected chi connectivity index (χ3v) is 5.72. The molecule has 0 unspecified atom stereocenters. The van der Waals surface area contributed by atoms with E-state index in [-0.39, 0.29) is 4.21 Å². The molecule has 4 nitrogen and oxygen atoms in total. The number of amides is 1. The lowest BCUT2D eigenvalue weighted by Gasteiger charge is -2.08. The maximum absolute atomic E-state index is 12.1. The Morgan fingerprint density at radius 3 is 2.45 bits per heavy atom. The Morgan fingerprint density at radius 1 is 1.20 bits per heavy atom. The molecule has 0 atom stereocenters. The van der Waals surface area contributed by atoms with E-state index in [4.69, 9.17) is 11.6 Å². The van der Waals surface area contributed by atoms with Crippen LogP contribution in [0.15, 0.2) is 34.5 Å². The topological polar surface area (TPSA) is 63.2 Å². The average Bonchev–Trinajstić information content (AvgIpc) is 2.75. The number of carbonyl (C=O) groups excluding carboxylic acids is 1. The van der Waals surface area contributed by atoms with E-state index in [1.165, 1.54) is 12.1 Å². The van der Waals surface area contributed by atoms with Crippen molar-refractivity contribution in [1.82, 2.24) is 4.72 Å². The molecular formula is C13H12ClNO3S2. The Balaban J connectivity index is 2.27. The van der Waals surface area contributed by atoms with E-state index in [0.717, 1.165) is 22.5 Å². The van der Waals surface area contributed by atoms with Gasteiger partial charge in [-0.05, 0) is 37.6 Å². The average molecular weight is 330 g/mol. The van der Waals surface area contributed by atoms with Crippen LogP contribution in [0.25, 0.3) is 0 Å². The van der Waals surface area contributed by atoms with Crippen molar-refractivity contribution in [3.05, 3.63) is 51.4 Å². The summed E-state index contributed by atoms with van der Waals surface area (Å²) in [5.74, 6) is -0.646. The van der Waals surface area contributed by atoms with Crippen molar-refractivity contribution in [1.29, 1.82) is 0 Å². The van der Waals surface area contributed by atoms with Gasteiger partial charge in [0.25, 0.3) is 15.9 Å². The summed E-state index contributed by atoms with van der Waals surface area (Å²) in [6, 6.07) is 8.03. The zero-order chi connectivity index (χ0) is 14.9. The molecule has 0 bridgehead atoms. The quantitative estimate of drug-likeness (QED) is 0.941. The van der Waals surface area contributed by atoms with Gasteiger partial charge in [0.2, 0.25) is 0 Å². The van der Waals surface area contributed by atoms with Crippen LogP contribution >= 0.6 is 22.9 Å². The van der Waals surface area contributed by atoms with Crippen LogP contribution in [0.5, 0.6) is 0 Å². The van der Waals surface area contributed by atoms with E-state index in [1.54, 1.807) is 19.1 Å². The Hall–Kier alpha value is -1.37. The Bertz CT molecular complexity index is 766. The fourth-order valence-corrected chi connectivity index (χ4v) is 4.19. The standard InChI is InChI=1S/C13H12ClNO3S2/c1-8-3-4-10(9(2)7-8)13(16)15-20(17,18)12-6-5-11(14)19-12/h3-7H,1-2H3,(H,15,16). The van der Waals surface area contributed by atoms with Gasteiger partial charge < -0.3 is 0 Å². The lowest BCUT2D eigenvalue weighted by atomic mass is 10.1. The minimum absolute atomic E-state index is 0.0145. The van der Waals surface area contributed by atoms with Gasteiger partial charge >= 0.3 is 0 Å². The van der Waals surface area contributed by atoms with Crippen LogP contribution in [-0.4, -0.2) is 14.3 Å². The number of hydrogen-bond acceptors (Lipinski definition) is 4. The van der Waals surface area contributed by atoms with Crippen LogP contribution in [0.1, 0.15) is 21.5 Å². The van der Waals surface area contributed by atoms with Gasteiger partial charge in [0.15, 0.2) is 0 Å². The van der Waals surface area contributed by atoms with Gasteiger partial charge in [0.05, 0.1) is 4.34 Å². The highest BCUT2D eigenvalue weighted by Gasteiger charge is 2.21. The zero-order valence-corrected chi connectivity index (χ0v) is 13.2. The number of rotatable bonds is 3. The molecule has 1 N–H and O–H groups in total. The number of nitrogens with one attached hydrogen (secondary N) is 1. The maximum Gasteiger partial charge on any atom is 0.273 e. The number of carbonyl (C=O) groups is 1. The molecule has 20 heavy (non-hydrogen) atoms. The van der Waals surface area contributed by atoms with Crippen molar-refractivity contribution in [2.75, 3.05) is 0 Å². The van der Waals surface area contributed by atoms with Crippen molar-refractivity contribution in [2.24, 2.45) is 0 Å². The Morgan fingerprint density at radius 2 is 1.90 bits per heavy atom. The van der Waals surface area contributed by atoms with Gasteiger partial charge in [0.1, 0.15) is 4.21 Å². The molecule has 106 valence electrons. The first-order valence-corrected chi connectivity index (χ1v) is 8.37. The highest BCUT2D eigenvalue weighted by molar-refractivity contribution is 7.92. The Kier molecular flexibility index (Phi) is 4.17. The lowest BCUT2D eigenvalue weighted by Crippen LogP contribution is -2.30. The number of thiophene rings is 1. The summed E-state index contributed by atoms with van der Waals surface area (Å²) in [7, 11) is -3.88. The van der Waals surface area contributed by atoms with Gasteiger partial charge in [-0.25, -0.2) is 13.1 Å². The minimum atomic E-state index is -3.88. The highest BCUT2D eigenvalue weighted by atomic mass is 35.5. The smallest absolute Gasteiger partial charge is 0.268 e. The number of aryl methyl sites for hydroxylation is 2. The molecule has 0 aliphatic carbocycles. The number of hydrogen-bond donors (Lipinski definition) is 1. The molecule has 0 saturated heterocycles. The van der Waals surface area contributed by atoms with Crippen LogP contribution < -0.4 is 4.72 Å². The number of sulfonamides is 1. The van der Waals surface area contributed by atoms with E-state index in [0.29, 0.717) is 9.90 Å². The fraction of sp³-hybridized carbons (Fsp3) is 0.154. The second-order valence-electron chi connectivity index (χ2n) is 4.31. The molecule has 1 aromatic carbocycles. The normalized spacial score (nSPS) is 11.3. The third-order valence-electron chi connectivity index (χ3n) is 2.67. The summed E-state index contributed by atoms with van der Waals surface area (Å²) in [5.41, 5.74) is 2.07. The summed E-state index contributed by atoms with van der Waals surface area (Å²) in [6.45, 7) is 3.66. The van der Waals surface area contributed by atoms with Crippen LogP contribution in [0, 0.1) is 13.8 Å². The van der Waals surface area contributed by atoms with Crippen molar-refractivity contribution < 1.29 is 13.2 Å². The SMILES string of the molecule is Cc1ccc(C(=O)NS(=O)(=O)c2ccc(Cl)s2)c(C)c1. The fourth-order valence-electron chi connectivity index (χ4n) is 1.74. The van der Waals surface area contributed by atoms with Crippen LogP contribution in [-0.2, 0) is 10.0 Å². The summed E-state index contributed by atoms with van der Waals surface area (Å²) < 4.78 is 26.5. The maximum atomic E-state index is 12.1. The zero-order valence-electron chi connectivity index (χ0n) is 10.8. The largest absolute Gasteiger partial charge is 0.273 e. The first kappa shape index (κ1) is 15.0. The Labute approximate surface area is 126 Å². The molecule has 2 rings (SSSR count). The van der Waals surface area contributed by atoms with E-state index < -0.39 is 15.9 Å². The molecule has 0 spiro atoms. The van der Waals surface area contributed by atoms with Gasteiger partial charge in [-0.1, -0.05) is 29.3 Å². The predicted octanol–water partition coefficient (Wildman–Crippen LogP) is 3.14. The van der Waals surface area contributed by atoms with Crippen LogP contribution in [0.4, 0.5) is 0 Å². The van der Waals surface area contributed by atoms with Crippen molar-refractivity contribution in [2.45, 2.75) is 18.1 Å². The monoisotopic (exact) mass is 329 g/mol. The molecular weight excluding hydrogens is 318 g/mol. The minimum Gasteiger partial charge on any atom is -0.268 e. The van der Waals surface area contributed by atoms with Crippen molar-refractivity contribution >= 4 is 38.9 Å². The summed E-state index contributed by atoms with van der Waals surface area (Å²) in [5, 5.41) is 0. The molecule has 1 amide bonds. The third kappa shape index (κ3) is 3.20. The summed E-state index contributed by atoms with van der Waals surface area (Å²) >= 11 is 6.61. The van der Waals surface area contributed by atoms with Crippen LogP contribution in [0.3, 0.4) is 0 Å². The molecule has 0 radical (unpaired) electrons. The van der Waals surface area contributed by atoms with E-state index in [9.17, 15) is 13.2 Å². The molecule has 1 aromatic heterocycles. The predicted molar refractivity (Wildman–Crippen MR) is 79.9 cm³/mol. The first-order chi connectivity index (χ1) is 9.29. The second kappa shape index (κ2) is 5.55. The molecule has 2 aromatic rings. The summed E-state index contributed by atoms with van der Waals surface area (Å²) in [6.07, 6.45) is 0. The van der Waals surface area contributed by atoms with E-state index in [1.807, 2.05) is 17.7 Å². The molecule has 1 heterocycles. The summed E-state index contributed by atoms with van der Waals surface area (Å²) in [4.78, 5) is 12.1. The number of benzene rings is 1. The number of halogens is 1. The van der Waals surface area contributed by atoms with E-state index >= 15 is 0 Å². The first-order valence-electron chi connectivity index (χ1n) is 5.69. The van der Waals surface area contributed by atoms with Crippen LogP contribution in [0.2, 0.25) is 4.34 Å². The molecule has 0 fully saturated rings. The van der Waals surface area contributed by atoms with Gasteiger partial charge in [-0.3, -0.25) is 4.79 Å². The van der Waals surface area contributed by atoms with Gasteiger partial charge in [-0.15, -0.1) is 11.3 Å². The van der Waals surface area contributed by atoms with Crippen molar-refractivity contribution in [3.8, 4) is 0 Å². The lowest BCUT2D eigenvalue weighted by molar-refractivity contribution is 0.0981. The molecule has 7 heteroatoms. The second-order valence-corrected chi connectivity index (χ2v) is 7.94. The molecule has 0 saturated carbocycles. The van der Waals surface area contributed by atoms with Gasteiger partial charge in [-0.2, -0.15) is 0 Å².